The number of halogens is 1. The van der Waals surface area contributed by atoms with E-state index in [1.165, 1.54) is 0 Å². The fourth-order valence-electron chi connectivity index (χ4n) is 2.03. The maximum absolute atomic E-state index is 12.0. The Morgan fingerprint density at radius 2 is 2.17 bits per heavy atom. The van der Waals surface area contributed by atoms with Gasteiger partial charge in [0, 0.05) is 11.9 Å². The number of para-hydroxylation sites is 1. The predicted octanol–water partition coefficient (Wildman–Crippen LogP) is 3.47. The Bertz CT molecular complexity index is 578. The Morgan fingerprint density at radius 3 is 2.83 bits per heavy atom. The summed E-state index contributed by atoms with van der Waals surface area (Å²) in [6.45, 7) is 4.08. The van der Waals surface area contributed by atoms with Gasteiger partial charge in [-0.05, 0) is 31.4 Å². The van der Waals surface area contributed by atoms with Crippen molar-refractivity contribution in [3.05, 3.63) is 51.2 Å². The Labute approximate surface area is 111 Å². The van der Waals surface area contributed by atoms with E-state index in [-0.39, 0.29) is 5.69 Å². The molecule has 0 aliphatic heterocycles. The molecule has 1 aromatic heterocycles. The first-order valence-corrected chi connectivity index (χ1v) is 6.57. The number of aromatic amines is 1. The summed E-state index contributed by atoms with van der Waals surface area (Å²) in [7, 11) is 0. The second-order valence-corrected chi connectivity index (χ2v) is 4.87. The number of H-pyrrole nitrogens is 1. The molecule has 3 nitrogen and oxygen atoms in total. The van der Waals surface area contributed by atoms with Crippen LogP contribution in [0.15, 0.2) is 29.2 Å². The van der Waals surface area contributed by atoms with Gasteiger partial charge in [0.05, 0.1) is 10.7 Å². The summed E-state index contributed by atoms with van der Waals surface area (Å²) in [5.41, 5.74) is 2.59. The van der Waals surface area contributed by atoms with Crippen LogP contribution in [0, 0.1) is 6.92 Å². The van der Waals surface area contributed by atoms with E-state index in [2.05, 4.69) is 11.9 Å². The minimum absolute atomic E-state index is 0.127. The average molecular weight is 265 g/mol. The first-order valence-electron chi connectivity index (χ1n) is 6.19. The van der Waals surface area contributed by atoms with Crippen LogP contribution in [0.4, 0.5) is 0 Å². The predicted molar refractivity (Wildman–Crippen MR) is 74.7 cm³/mol. The lowest BCUT2D eigenvalue weighted by Gasteiger charge is -2.07. The number of benzene rings is 1. The monoisotopic (exact) mass is 264 g/mol. The first-order chi connectivity index (χ1) is 8.63. The summed E-state index contributed by atoms with van der Waals surface area (Å²) in [5.74, 6) is 0. The van der Waals surface area contributed by atoms with Crippen molar-refractivity contribution in [3.63, 3.8) is 0 Å². The molecule has 0 saturated carbocycles. The molecule has 0 amide bonds. The summed E-state index contributed by atoms with van der Waals surface area (Å²) >= 11 is 6.18. The van der Waals surface area contributed by atoms with Crippen LogP contribution in [-0.4, -0.2) is 9.55 Å². The van der Waals surface area contributed by atoms with E-state index in [9.17, 15) is 4.79 Å². The average Bonchev–Trinajstić information content (AvgIpc) is 2.68. The number of nitrogens with one attached hydrogen (secondary N) is 1. The quantitative estimate of drug-likeness (QED) is 0.902. The van der Waals surface area contributed by atoms with E-state index in [4.69, 9.17) is 11.6 Å². The fourth-order valence-corrected chi connectivity index (χ4v) is 2.35. The Morgan fingerprint density at radius 1 is 1.39 bits per heavy atom. The van der Waals surface area contributed by atoms with E-state index in [1.54, 1.807) is 10.6 Å². The molecule has 0 bridgehead atoms. The highest BCUT2D eigenvalue weighted by Crippen LogP contribution is 2.22. The summed E-state index contributed by atoms with van der Waals surface area (Å²) in [6.07, 6.45) is 4.92. The Balaban J connectivity index is 2.45. The molecule has 0 radical (unpaired) electrons. The summed E-state index contributed by atoms with van der Waals surface area (Å²) < 4.78 is 1.60. The van der Waals surface area contributed by atoms with Crippen molar-refractivity contribution < 1.29 is 0 Å². The van der Waals surface area contributed by atoms with Crippen LogP contribution in [0.2, 0.25) is 5.02 Å². The lowest BCUT2D eigenvalue weighted by Crippen LogP contribution is -2.15. The number of aromatic nitrogens is 2. The van der Waals surface area contributed by atoms with E-state index in [0.717, 1.165) is 36.2 Å². The molecule has 18 heavy (non-hydrogen) atoms. The first kappa shape index (κ1) is 13.0. The van der Waals surface area contributed by atoms with Gasteiger partial charge in [0.15, 0.2) is 0 Å². The van der Waals surface area contributed by atoms with Gasteiger partial charge in [0.2, 0.25) is 0 Å². The number of unbranched alkanes of at least 4 members (excludes halogenated alkanes) is 1. The molecule has 0 atom stereocenters. The van der Waals surface area contributed by atoms with Crippen LogP contribution >= 0.6 is 11.6 Å². The fraction of sp³-hybridized carbons (Fsp3) is 0.357. The van der Waals surface area contributed by atoms with Crippen molar-refractivity contribution in [1.29, 1.82) is 0 Å². The largest absolute Gasteiger partial charge is 0.330 e. The minimum atomic E-state index is -0.127. The van der Waals surface area contributed by atoms with Crippen molar-refractivity contribution >= 4 is 11.6 Å². The molecular formula is C14H17ClN2O. The van der Waals surface area contributed by atoms with Gasteiger partial charge in [-0.15, -0.1) is 0 Å². The SMILES string of the molecule is CCCCc1cn(-c2c(C)cccc2Cl)c(=O)[nH]1. The maximum atomic E-state index is 12.0. The number of rotatable bonds is 4. The molecule has 0 aliphatic rings. The zero-order valence-corrected chi connectivity index (χ0v) is 11.4. The highest BCUT2D eigenvalue weighted by Gasteiger charge is 2.10. The molecule has 4 heteroatoms. The molecule has 0 saturated heterocycles. The molecule has 1 heterocycles. The number of hydrogen-bond donors (Lipinski definition) is 1. The van der Waals surface area contributed by atoms with E-state index >= 15 is 0 Å². The van der Waals surface area contributed by atoms with Crippen LogP contribution in [0.1, 0.15) is 31.0 Å². The molecule has 0 aliphatic carbocycles. The van der Waals surface area contributed by atoms with Gasteiger partial charge in [-0.2, -0.15) is 0 Å². The van der Waals surface area contributed by atoms with Crippen molar-refractivity contribution in [3.8, 4) is 5.69 Å². The molecular weight excluding hydrogens is 248 g/mol. The molecule has 0 unspecified atom stereocenters. The van der Waals surface area contributed by atoms with Gasteiger partial charge in [-0.1, -0.05) is 37.1 Å². The highest BCUT2D eigenvalue weighted by molar-refractivity contribution is 6.32. The van der Waals surface area contributed by atoms with Crippen molar-refractivity contribution in [2.24, 2.45) is 0 Å². The lowest BCUT2D eigenvalue weighted by molar-refractivity contribution is 0.779. The Hall–Kier alpha value is -1.48. The van der Waals surface area contributed by atoms with Gasteiger partial charge >= 0.3 is 5.69 Å². The normalized spacial score (nSPS) is 10.8. The summed E-state index contributed by atoms with van der Waals surface area (Å²) in [4.78, 5) is 14.8. The van der Waals surface area contributed by atoms with Gasteiger partial charge in [0.25, 0.3) is 0 Å². The van der Waals surface area contributed by atoms with Gasteiger partial charge in [-0.25, -0.2) is 4.79 Å². The Kier molecular flexibility index (Phi) is 3.92. The van der Waals surface area contributed by atoms with Gasteiger partial charge in [0.1, 0.15) is 0 Å². The highest BCUT2D eigenvalue weighted by atomic mass is 35.5. The molecule has 1 N–H and O–H groups in total. The molecule has 0 fully saturated rings. The molecule has 96 valence electrons. The van der Waals surface area contributed by atoms with Crippen molar-refractivity contribution in [1.82, 2.24) is 9.55 Å². The lowest BCUT2D eigenvalue weighted by atomic mass is 10.2. The van der Waals surface area contributed by atoms with Crippen LogP contribution in [-0.2, 0) is 6.42 Å². The molecule has 1 aromatic carbocycles. The summed E-state index contributed by atoms with van der Waals surface area (Å²) in [6, 6.07) is 5.64. The number of hydrogen-bond acceptors (Lipinski definition) is 1. The smallest absolute Gasteiger partial charge is 0.310 e. The van der Waals surface area contributed by atoms with Crippen LogP contribution in [0.5, 0.6) is 0 Å². The van der Waals surface area contributed by atoms with Crippen LogP contribution < -0.4 is 5.69 Å². The number of nitrogens with zero attached hydrogens (tertiary/aromatic N) is 1. The third-order valence-corrected chi connectivity index (χ3v) is 3.31. The minimum Gasteiger partial charge on any atom is -0.310 e. The zero-order valence-electron chi connectivity index (χ0n) is 10.7. The number of imidazole rings is 1. The van der Waals surface area contributed by atoms with Crippen LogP contribution in [0.25, 0.3) is 5.69 Å². The van der Waals surface area contributed by atoms with Crippen LogP contribution in [0.3, 0.4) is 0 Å². The second kappa shape index (κ2) is 5.44. The molecule has 0 spiro atoms. The maximum Gasteiger partial charge on any atom is 0.330 e. The van der Waals surface area contributed by atoms with Crippen molar-refractivity contribution in [2.45, 2.75) is 33.1 Å². The molecule has 2 aromatic rings. The summed E-state index contributed by atoms with van der Waals surface area (Å²) in [5, 5.41) is 0.596. The molecule has 2 rings (SSSR count). The van der Waals surface area contributed by atoms with Crippen molar-refractivity contribution in [2.75, 3.05) is 0 Å². The second-order valence-electron chi connectivity index (χ2n) is 4.46. The van der Waals surface area contributed by atoms with E-state index < -0.39 is 0 Å². The third kappa shape index (κ3) is 2.51. The zero-order chi connectivity index (χ0) is 13.1. The number of aryl methyl sites for hydroxylation is 2. The standard InChI is InChI=1S/C14H17ClN2O/c1-3-4-7-11-9-17(14(18)16-11)13-10(2)6-5-8-12(13)15/h5-6,8-9H,3-4,7H2,1-2H3,(H,16,18). The van der Waals surface area contributed by atoms with E-state index in [0.29, 0.717) is 5.02 Å². The van der Waals surface area contributed by atoms with Gasteiger partial charge < -0.3 is 4.98 Å². The topological polar surface area (TPSA) is 37.8 Å². The van der Waals surface area contributed by atoms with Gasteiger partial charge in [-0.3, -0.25) is 4.57 Å². The third-order valence-electron chi connectivity index (χ3n) is 3.00. The van der Waals surface area contributed by atoms with E-state index in [1.807, 2.05) is 25.3 Å².